The van der Waals surface area contributed by atoms with Crippen molar-refractivity contribution in [3.8, 4) is 6.07 Å². The van der Waals surface area contributed by atoms with Gasteiger partial charge in [-0.25, -0.2) is 0 Å². The van der Waals surface area contributed by atoms with E-state index in [-0.39, 0.29) is 49.6 Å². The number of hydrogen-bond acceptors (Lipinski definition) is 5. The zero-order valence-electron chi connectivity index (χ0n) is 12.0. The summed E-state index contributed by atoms with van der Waals surface area (Å²) in [7, 11) is 1.62. The third-order valence-electron chi connectivity index (χ3n) is 3.03. The summed E-state index contributed by atoms with van der Waals surface area (Å²) >= 11 is 1.36. The lowest BCUT2D eigenvalue weighted by atomic mass is 10.1. The second-order valence-electron chi connectivity index (χ2n) is 4.66. The molecule has 0 aliphatic carbocycles. The molecule has 0 saturated heterocycles. The topological polar surface area (TPSA) is 78.2 Å². The van der Waals surface area contributed by atoms with E-state index in [1.165, 1.54) is 16.2 Å². The Labute approximate surface area is 128 Å². The Bertz CT molecular complexity index is 532. The van der Waals surface area contributed by atoms with Gasteiger partial charge in [-0.05, 0) is 11.4 Å². The molecule has 112 valence electrons. The first-order valence-electron chi connectivity index (χ1n) is 6.74. The summed E-state index contributed by atoms with van der Waals surface area (Å²) in [6.07, 6.45) is 0.927. The molecule has 1 heterocycles. The number of carbonyl (C=O) groups excluding carboxylic acids is 3. The highest BCUT2D eigenvalue weighted by Gasteiger charge is 2.13. The molecule has 1 aromatic rings. The SMILES string of the molecule is CN(CCC#N)C(=O)CCC(=O)CCC(=O)c1cccs1. The highest BCUT2D eigenvalue weighted by Crippen LogP contribution is 2.13. The third kappa shape index (κ3) is 6.32. The first kappa shape index (κ1) is 17.1. The van der Waals surface area contributed by atoms with Crippen LogP contribution < -0.4 is 0 Å². The fourth-order valence-corrected chi connectivity index (χ4v) is 2.41. The summed E-state index contributed by atoms with van der Waals surface area (Å²) in [6.45, 7) is 0.375. The Morgan fingerprint density at radius 3 is 2.57 bits per heavy atom. The van der Waals surface area contributed by atoms with Crippen molar-refractivity contribution < 1.29 is 14.4 Å². The maximum Gasteiger partial charge on any atom is 0.222 e. The number of nitrogens with zero attached hydrogens (tertiary/aromatic N) is 2. The van der Waals surface area contributed by atoms with E-state index in [2.05, 4.69) is 0 Å². The number of rotatable bonds is 9. The summed E-state index contributed by atoms with van der Waals surface area (Å²) in [5, 5.41) is 10.3. The van der Waals surface area contributed by atoms with Crippen LogP contribution >= 0.6 is 11.3 Å². The van der Waals surface area contributed by atoms with Gasteiger partial charge in [0.25, 0.3) is 0 Å². The smallest absolute Gasteiger partial charge is 0.222 e. The molecule has 1 amide bonds. The summed E-state index contributed by atoms with van der Waals surface area (Å²) in [4.78, 5) is 37.2. The zero-order chi connectivity index (χ0) is 15.7. The standard InChI is InChI=1S/C15H18N2O3S/c1-17(10-3-9-16)15(20)8-6-12(18)5-7-13(19)14-4-2-11-21-14/h2,4,11H,3,5-8,10H2,1H3. The minimum absolute atomic E-state index is 0.0317. The highest BCUT2D eigenvalue weighted by atomic mass is 32.1. The molecule has 5 nitrogen and oxygen atoms in total. The lowest BCUT2D eigenvalue weighted by Crippen LogP contribution is -2.27. The number of Topliss-reactive ketones (excluding diaryl/α,β-unsaturated/α-hetero) is 2. The van der Waals surface area contributed by atoms with Gasteiger partial charge in [0.05, 0.1) is 17.4 Å². The molecule has 0 unspecified atom stereocenters. The van der Waals surface area contributed by atoms with Crippen molar-refractivity contribution in [1.29, 1.82) is 5.26 Å². The van der Waals surface area contributed by atoms with E-state index in [1.54, 1.807) is 19.2 Å². The normalized spacial score (nSPS) is 9.90. The van der Waals surface area contributed by atoms with Gasteiger partial charge in [-0.3, -0.25) is 14.4 Å². The van der Waals surface area contributed by atoms with Gasteiger partial charge in [-0.2, -0.15) is 5.26 Å². The molecule has 0 radical (unpaired) electrons. The summed E-state index contributed by atoms with van der Waals surface area (Å²) in [6, 6.07) is 5.51. The van der Waals surface area contributed by atoms with Crippen LogP contribution in [0.15, 0.2) is 17.5 Å². The number of thiophene rings is 1. The second-order valence-corrected chi connectivity index (χ2v) is 5.61. The van der Waals surface area contributed by atoms with Gasteiger partial charge in [0.1, 0.15) is 5.78 Å². The van der Waals surface area contributed by atoms with Crippen LogP contribution in [0.2, 0.25) is 0 Å². The van der Waals surface area contributed by atoms with Crippen LogP contribution in [0.1, 0.15) is 41.8 Å². The molecule has 6 heteroatoms. The van der Waals surface area contributed by atoms with Gasteiger partial charge in [0, 0.05) is 39.3 Å². The van der Waals surface area contributed by atoms with Gasteiger partial charge in [0.2, 0.25) is 5.91 Å². The Balaban J connectivity index is 2.24. The first-order chi connectivity index (χ1) is 10.0. The summed E-state index contributed by atoms with van der Waals surface area (Å²) in [5.74, 6) is -0.263. The lowest BCUT2D eigenvalue weighted by Gasteiger charge is -2.14. The largest absolute Gasteiger partial charge is 0.345 e. The van der Waals surface area contributed by atoms with Gasteiger partial charge in [-0.1, -0.05) is 6.07 Å². The molecular formula is C15H18N2O3S. The Morgan fingerprint density at radius 1 is 1.24 bits per heavy atom. The Morgan fingerprint density at radius 2 is 1.95 bits per heavy atom. The molecule has 0 bridgehead atoms. The number of nitriles is 1. The van der Waals surface area contributed by atoms with Crippen molar-refractivity contribution in [1.82, 2.24) is 4.90 Å². The molecule has 0 atom stereocenters. The van der Waals surface area contributed by atoms with Crippen molar-refractivity contribution in [3.05, 3.63) is 22.4 Å². The minimum atomic E-state index is -0.150. The van der Waals surface area contributed by atoms with Crippen LogP contribution in [0.4, 0.5) is 0 Å². The van der Waals surface area contributed by atoms with Crippen LogP contribution in [-0.4, -0.2) is 36.0 Å². The molecular weight excluding hydrogens is 288 g/mol. The van der Waals surface area contributed by atoms with Crippen molar-refractivity contribution in [3.63, 3.8) is 0 Å². The molecule has 0 spiro atoms. The van der Waals surface area contributed by atoms with E-state index < -0.39 is 0 Å². The Kier molecular flexibility index (Phi) is 7.33. The van der Waals surface area contributed by atoms with Crippen molar-refractivity contribution >= 4 is 28.8 Å². The highest BCUT2D eigenvalue weighted by molar-refractivity contribution is 7.12. The first-order valence-corrected chi connectivity index (χ1v) is 7.62. The van der Waals surface area contributed by atoms with E-state index in [0.717, 1.165) is 0 Å². The summed E-state index contributed by atoms with van der Waals surface area (Å²) < 4.78 is 0. The second kappa shape index (κ2) is 9.03. The lowest BCUT2D eigenvalue weighted by molar-refractivity contribution is -0.132. The molecule has 0 aliphatic heterocycles. The number of ketones is 2. The van der Waals surface area contributed by atoms with Crippen LogP contribution in [0, 0.1) is 11.3 Å². The number of hydrogen-bond donors (Lipinski definition) is 0. The quantitative estimate of drug-likeness (QED) is 0.656. The average Bonchev–Trinajstić information content (AvgIpc) is 3.01. The maximum atomic E-state index is 11.7. The maximum absolute atomic E-state index is 11.7. The molecule has 21 heavy (non-hydrogen) atoms. The molecule has 0 saturated carbocycles. The summed E-state index contributed by atoms with van der Waals surface area (Å²) in [5.41, 5.74) is 0. The van der Waals surface area contributed by atoms with Crippen LogP contribution in [-0.2, 0) is 9.59 Å². The zero-order valence-corrected chi connectivity index (χ0v) is 12.8. The van der Waals surface area contributed by atoms with E-state index in [4.69, 9.17) is 5.26 Å². The Hall–Kier alpha value is -2.00. The van der Waals surface area contributed by atoms with Crippen LogP contribution in [0.5, 0.6) is 0 Å². The van der Waals surface area contributed by atoms with Crippen molar-refractivity contribution in [2.45, 2.75) is 32.1 Å². The monoisotopic (exact) mass is 306 g/mol. The number of amides is 1. The van der Waals surface area contributed by atoms with Crippen molar-refractivity contribution in [2.75, 3.05) is 13.6 Å². The molecule has 0 aromatic carbocycles. The van der Waals surface area contributed by atoms with Gasteiger partial charge >= 0.3 is 0 Å². The van der Waals surface area contributed by atoms with Gasteiger partial charge in [0.15, 0.2) is 5.78 Å². The molecule has 0 fully saturated rings. The average molecular weight is 306 g/mol. The fourth-order valence-electron chi connectivity index (χ4n) is 1.72. The van der Waals surface area contributed by atoms with Crippen LogP contribution in [0.25, 0.3) is 0 Å². The van der Waals surface area contributed by atoms with E-state index in [9.17, 15) is 14.4 Å². The number of carbonyl (C=O) groups is 3. The predicted molar refractivity (Wildman–Crippen MR) is 80.0 cm³/mol. The molecule has 1 rings (SSSR count). The van der Waals surface area contributed by atoms with E-state index >= 15 is 0 Å². The van der Waals surface area contributed by atoms with Gasteiger partial charge < -0.3 is 4.90 Å². The van der Waals surface area contributed by atoms with Crippen molar-refractivity contribution in [2.24, 2.45) is 0 Å². The van der Waals surface area contributed by atoms with Crippen LogP contribution in [0.3, 0.4) is 0 Å². The predicted octanol–water partition coefficient (Wildman–Crippen LogP) is 2.43. The molecule has 0 N–H and O–H groups in total. The fraction of sp³-hybridized carbons (Fsp3) is 0.467. The minimum Gasteiger partial charge on any atom is -0.345 e. The van der Waals surface area contributed by atoms with E-state index in [1.807, 2.05) is 11.4 Å². The van der Waals surface area contributed by atoms with E-state index in [0.29, 0.717) is 11.4 Å². The van der Waals surface area contributed by atoms with Gasteiger partial charge in [-0.15, -0.1) is 11.3 Å². The third-order valence-corrected chi connectivity index (χ3v) is 3.94. The molecule has 1 aromatic heterocycles. The molecule has 0 aliphatic rings.